The van der Waals surface area contributed by atoms with Crippen LogP contribution in [0, 0.1) is 0 Å². The van der Waals surface area contributed by atoms with Gasteiger partial charge in [-0.3, -0.25) is 0 Å². The number of carbonyl (C=O) groups is 1. The van der Waals surface area contributed by atoms with Gasteiger partial charge >= 0.3 is 21.6 Å². The first-order valence-corrected chi connectivity index (χ1v) is 5.00. The lowest BCUT2D eigenvalue weighted by molar-refractivity contribution is -0.135. The highest BCUT2D eigenvalue weighted by Gasteiger charge is 2.48. The zero-order chi connectivity index (χ0) is 11.7. The lowest BCUT2D eigenvalue weighted by Crippen LogP contribution is -2.24. The number of cyclic esters (lactones) is 1. The molecule has 0 radical (unpaired) electrons. The molecule has 1 saturated heterocycles. The fourth-order valence-electron chi connectivity index (χ4n) is 0.731. The normalized spacial score (nSPS) is 20.5. The second kappa shape index (κ2) is 3.72. The minimum Gasteiger partial charge on any atom is -0.462 e. The molecule has 0 aromatic heterocycles. The monoisotopic (exact) mass is 246 g/mol. The molecule has 9 heteroatoms. The van der Waals surface area contributed by atoms with Crippen molar-refractivity contribution in [3.05, 3.63) is 11.8 Å². The van der Waals surface area contributed by atoms with E-state index in [1.54, 1.807) is 0 Å². The van der Waals surface area contributed by atoms with E-state index in [4.69, 9.17) is 0 Å². The Labute approximate surface area is 82.6 Å². The third-order valence-electron chi connectivity index (χ3n) is 1.47. The van der Waals surface area contributed by atoms with Crippen LogP contribution in [0.15, 0.2) is 11.8 Å². The van der Waals surface area contributed by atoms with Gasteiger partial charge in [0, 0.05) is 6.42 Å². The quantitative estimate of drug-likeness (QED) is 0.235. The number of carbonyl (C=O) groups excluding carboxylic acids is 1. The Kier molecular flexibility index (Phi) is 2.93. The third kappa shape index (κ3) is 2.61. The summed E-state index contributed by atoms with van der Waals surface area (Å²) >= 11 is 0. The molecule has 15 heavy (non-hydrogen) atoms. The Morgan fingerprint density at radius 3 is 2.40 bits per heavy atom. The highest BCUT2D eigenvalue weighted by atomic mass is 32.2. The second-order valence-corrected chi connectivity index (χ2v) is 4.09. The molecule has 0 spiro atoms. The van der Waals surface area contributed by atoms with Crippen LogP contribution in [0.3, 0.4) is 0 Å². The Morgan fingerprint density at radius 2 is 2.00 bits per heavy atom. The van der Waals surface area contributed by atoms with Crippen LogP contribution in [0.2, 0.25) is 0 Å². The van der Waals surface area contributed by atoms with Crippen LogP contribution in [-0.4, -0.2) is 26.5 Å². The van der Waals surface area contributed by atoms with Gasteiger partial charge in [-0.05, 0) is 0 Å². The Bertz CT molecular complexity index is 393. The average Bonchev–Trinajstić information content (AvgIpc) is 2.46. The van der Waals surface area contributed by atoms with Crippen LogP contribution >= 0.6 is 0 Å². The van der Waals surface area contributed by atoms with E-state index in [0.717, 1.165) is 0 Å². The lowest BCUT2D eigenvalue weighted by atomic mass is 10.3. The van der Waals surface area contributed by atoms with E-state index in [1.807, 2.05) is 0 Å². The highest BCUT2D eigenvalue weighted by Crippen LogP contribution is 2.25. The summed E-state index contributed by atoms with van der Waals surface area (Å²) in [6, 6.07) is 0. The summed E-state index contributed by atoms with van der Waals surface area (Å²) in [5.74, 6) is -0.882. The van der Waals surface area contributed by atoms with Crippen molar-refractivity contribution in [3.63, 3.8) is 0 Å². The molecule has 86 valence electrons. The maximum Gasteiger partial charge on any atom is 0.534 e. The van der Waals surface area contributed by atoms with Crippen molar-refractivity contribution < 1.29 is 35.3 Å². The van der Waals surface area contributed by atoms with Crippen molar-refractivity contribution in [1.29, 1.82) is 0 Å². The maximum absolute atomic E-state index is 11.7. The first-order chi connectivity index (χ1) is 6.74. The molecule has 0 N–H and O–H groups in total. The number of ether oxygens (including phenoxy) is 1. The SMILES string of the molecule is O=C1OCC/C1=C\OS(=O)(=O)C(F)(F)F. The van der Waals surface area contributed by atoms with Crippen molar-refractivity contribution in [2.75, 3.05) is 6.61 Å². The van der Waals surface area contributed by atoms with Crippen LogP contribution in [0.1, 0.15) is 6.42 Å². The minimum absolute atomic E-state index is 0.0000914. The number of alkyl halides is 3. The van der Waals surface area contributed by atoms with Gasteiger partial charge in [-0.2, -0.15) is 21.6 Å². The van der Waals surface area contributed by atoms with Crippen LogP contribution in [-0.2, 0) is 23.8 Å². The number of rotatable bonds is 2. The number of halogens is 3. The van der Waals surface area contributed by atoms with E-state index < -0.39 is 21.6 Å². The highest BCUT2D eigenvalue weighted by molar-refractivity contribution is 7.87. The fourth-order valence-corrected chi connectivity index (χ4v) is 1.08. The van der Waals surface area contributed by atoms with Crippen molar-refractivity contribution in [2.24, 2.45) is 0 Å². The molecule has 1 rings (SSSR count). The Morgan fingerprint density at radius 1 is 1.40 bits per heavy atom. The molecular weight excluding hydrogens is 241 g/mol. The molecule has 1 aliphatic rings. The summed E-state index contributed by atoms with van der Waals surface area (Å²) < 4.78 is 63.9. The predicted octanol–water partition coefficient (Wildman–Crippen LogP) is 0.683. The zero-order valence-corrected chi connectivity index (χ0v) is 7.89. The van der Waals surface area contributed by atoms with Crippen molar-refractivity contribution in [2.45, 2.75) is 11.9 Å². The average molecular weight is 246 g/mol. The summed E-state index contributed by atoms with van der Waals surface area (Å²) in [6.45, 7) is 0.0000914. The van der Waals surface area contributed by atoms with Crippen LogP contribution in [0.4, 0.5) is 13.2 Å². The van der Waals surface area contributed by atoms with Gasteiger partial charge in [0.25, 0.3) is 0 Å². The zero-order valence-electron chi connectivity index (χ0n) is 7.07. The van der Waals surface area contributed by atoms with Gasteiger partial charge in [0.2, 0.25) is 0 Å². The smallest absolute Gasteiger partial charge is 0.462 e. The van der Waals surface area contributed by atoms with Gasteiger partial charge in [-0.1, -0.05) is 0 Å². The molecule has 0 bridgehead atoms. The van der Waals surface area contributed by atoms with Crippen molar-refractivity contribution in [3.8, 4) is 0 Å². The molecule has 0 atom stereocenters. The van der Waals surface area contributed by atoms with E-state index in [9.17, 15) is 26.4 Å². The molecular formula is C6H5F3O5S. The lowest BCUT2D eigenvalue weighted by Gasteiger charge is -2.05. The molecule has 0 amide bonds. The second-order valence-electron chi connectivity index (χ2n) is 2.53. The van der Waals surface area contributed by atoms with Gasteiger partial charge in [-0.15, -0.1) is 0 Å². The molecule has 1 aliphatic heterocycles. The molecule has 0 unspecified atom stereocenters. The Hall–Kier alpha value is -1.25. The molecule has 1 fully saturated rings. The van der Waals surface area contributed by atoms with Gasteiger partial charge in [0.05, 0.1) is 12.2 Å². The first kappa shape index (κ1) is 11.8. The molecule has 1 heterocycles. The van der Waals surface area contributed by atoms with Gasteiger partial charge in [0.15, 0.2) is 0 Å². The third-order valence-corrected chi connectivity index (χ3v) is 2.38. The molecule has 5 nitrogen and oxygen atoms in total. The van der Waals surface area contributed by atoms with E-state index in [-0.39, 0.29) is 24.9 Å². The van der Waals surface area contributed by atoms with E-state index in [2.05, 4.69) is 8.92 Å². The summed E-state index contributed by atoms with van der Waals surface area (Å²) in [7, 11) is -5.69. The fraction of sp³-hybridized carbons (Fsp3) is 0.500. The van der Waals surface area contributed by atoms with E-state index in [0.29, 0.717) is 0 Å². The summed E-state index contributed by atoms with van der Waals surface area (Å²) in [5, 5.41) is 0. The van der Waals surface area contributed by atoms with Gasteiger partial charge in [0.1, 0.15) is 6.26 Å². The number of esters is 1. The summed E-state index contributed by atoms with van der Waals surface area (Å²) in [5.41, 5.74) is -5.75. The predicted molar refractivity (Wildman–Crippen MR) is 39.7 cm³/mol. The van der Waals surface area contributed by atoms with Crippen molar-refractivity contribution in [1.82, 2.24) is 0 Å². The summed E-state index contributed by atoms with van der Waals surface area (Å²) in [4.78, 5) is 10.7. The van der Waals surface area contributed by atoms with E-state index >= 15 is 0 Å². The van der Waals surface area contributed by atoms with Gasteiger partial charge in [-0.25, -0.2) is 4.79 Å². The van der Waals surface area contributed by atoms with Crippen LogP contribution in [0.5, 0.6) is 0 Å². The molecule has 0 saturated carbocycles. The number of hydrogen-bond acceptors (Lipinski definition) is 5. The summed E-state index contributed by atoms with van der Waals surface area (Å²) in [6.07, 6.45) is 0.268. The standard InChI is InChI=1S/C6H5F3O5S/c7-6(8,9)15(11,12)14-3-4-1-2-13-5(4)10/h3H,1-2H2/b4-3+. The first-order valence-electron chi connectivity index (χ1n) is 3.60. The van der Waals surface area contributed by atoms with E-state index in [1.165, 1.54) is 0 Å². The van der Waals surface area contributed by atoms with Crippen LogP contribution in [0.25, 0.3) is 0 Å². The largest absolute Gasteiger partial charge is 0.534 e. The maximum atomic E-state index is 11.7. The minimum atomic E-state index is -5.69. The Balaban J connectivity index is 2.76. The molecule has 0 aliphatic carbocycles. The van der Waals surface area contributed by atoms with Crippen molar-refractivity contribution >= 4 is 16.1 Å². The van der Waals surface area contributed by atoms with Crippen LogP contribution < -0.4 is 0 Å². The van der Waals surface area contributed by atoms with Gasteiger partial charge < -0.3 is 8.92 Å². The topological polar surface area (TPSA) is 69.7 Å². The molecule has 0 aromatic rings. The number of hydrogen-bond donors (Lipinski definition) is 0. The molecule has 0 aromatic carbocycles.